The lowest BCUT2D eigenvalue weighted by molar-refractivity contribution is 0.0713. The Morgan fingerprint density at radius 1 is 0.974 bits per heavy atom. The second-order valence-corrected chi connectivity index (χ2v) is 9.56. The van der Waals surface area contributed by atoms with Gasteiger partial charge in [-0.05, 0) is 42.7 Å². The molecular formula is C30H34N6O2. The first-order valence-corrected chi connectivity index (χ1v) is 13.1. The monoisotopic (exact) mass is 510 g/mol. The first-order chi connectivity index (χ1) is 18.6. The molecule has 0 radical (unpaired) electrons. The molecule has 1 aliphatic heterocycles. The topological polar surface area (TPSA) is 75.5 Å². The van der Waals surface area contributed by atoms with E-state index in [9.17, 15) is 4.79 Å². The van der Waals surface area contributed by atoms with E-state index in [2.05, 4.69) is 56.9 Å². The van der Waals surface area contributed by atoms with Gasteiger partial charge in [-0.15, -0.1) is 5.10 Å². The van der Waals surface area contributed by atoms with Crippen LogP contribution in [-0.4, -0.2) is 64.0 Å². The van der Waals surface area contributed by atoms with E-state index in [0.29, 0.717) is 24.5 Å². The predicted molar refractivity (Wildman–Crippen MR) is 149 cm³/mol. The van der Waals surface area contributed by atoms with Crippen LogP contribution in [0.25, 0.3) is 5.69 Å². The van der Waals surface area contributed by atoms with Crippen LogP contribution in [0.5, 0.6) is 5.75 Å². The van der Waals surface area contributed by atoms with E-state index in [4.69, 9.17) is 4.74 Å². The third-order valence-electron chi connectivity index (χ3n) is 6.96. The maximum atomic E-state index is 14.0. The highest BCUT2D eigenvalue weighted by Crippen LogP contribution is 2.22. The number of nitrogens with zero attached hydrogens (tertiary/aromatic N) is 5. The highest BCUT2D eigenvalue weighted by atomic mass is 16.5. The number of rotatable bonds is 5. The van der Waals surface area contributed by atoms with Crippen molar-refractivity contribution in [1.82, 2.24) is 24.8 Å². The number of ether oxygens (including phenoxy) is 1. The largest absolute Gasteiger partial charge is 0.497 e. The summed E-state index contributed by atoms with van der Waals surface area (Å²) in [6.45, 7) is 6.41. The molecule has 4 aromatic rings. The molecule has 1 amide bonds. The van der Waals surface area contributed by atoms with Crippen LogP contribution in [0, 0.1) is 6.92 Å². The van der Waals surface area contributed by atoms with Crippen molar-refractivity contribution in [3.63, 3.8) is 0 Å². The Balaban J connectivity index is 1.42. The number of nitrogens with one attached hydrogen (secondary N) is 1. The summed E-state index contributed by atoms with van der Waals surface area (Å²) in [5.74, 6) is 0.602. The van der Waals surface area contributed by atoms with Crippen LogP contribution in [0.3, 0.4) is 0 Å². The number of methoxy groups -OCH3 is 1. The number of fused-ring (bicyclic) bond motifs is 1. The quantitative estimate of drug-likeness (QED) is 0.425. The number of benzene rings is 3. The van der Waals surface area contributed by atoms with Crippen LogP contribution >= 0.6 is 0 Å². The van der Waals surface area contributed by atoms with E-state index in [-0.39, 0.29) is 5.91 Å². The van der Waals surface area contributed by atoms with Gasteiger partial charge in [0.2, 0.25) is 0 Å². The minimum Gasteiger partial charge on any atom is -0.497 e. The van der Waals surface area contributed by atoms with Crippen molar-refractivity contribution in [2.45, 2.75) is 26.4 Å². The minimum atomic E-state index is -0.120. The Morgan fingerprint density at radius 3 is 2.63 bits per heavy atom. The zero-order chi connectivity index (χ0) is 26.3. The number of aromatic nitrogens is 3. The summed E-state index contributed by atoms with van der Waals surface area (Å²) in [7, 11) is 1.63. The van der Waals surface area contributed by atoms with Gasteiger partial charge in [-0.1, -0.05) is 59.8 Å². The molecule has 38 heavy (non-hydrogen) atoms. The van der Waals surface area contributed by atoms with Gasteiger partial charge in [-0.2, -0.15) is 0 Å². The lowest BCUT2D eigenvalue weighted by atomic mass is 10.1. The van der Waals surface area contributed by atoms with Crippen LogP contribution in [0.1, 0.15) is 33.7 Å². The first kappa shape index (κ1) is 25.5. The summed E-state index contributed by atoms with van der Waals surface area (Å²) in [4.78, 5) is 18.3. The number of carbonyl (C=O) groups excluding carboxylic acids is 1. The molecule has 0 spiro atoms. The fraction of sp³-hybridized carbons (Fsp3) is 0.300. The Bertz CT molecular complexity index is 1370. The standard InChI is InChI=1S/C30H34N6O2/c1-23-29(32-33-36(23)26-13-8-14-27(20-26)38-2)30(37)35-19-18-34(21-24-10-4-3-5-11-24)17-9-16-31-28-15-7-6-12-25(28)22-35/h3-8,10-15,20,31H,9,16-19,21-22H2,1-2H3. The average Bonchev–Trinajstić information content (AvgIpc) is 3.33. The number of carbonyl (C=O) groups is 1. The van der Waals surface area contributed by atoms with Gasteiger partial charge >= 0.3 is 0 Å². The lowest BCUT2D eigenvalue weighted by Gasteiger charge is -2.27. The highest BCUT2D eigenvalue weighted by molar-refractivity contribution is 5.93. The molecular weight excluding hydrogens is 476 g/mol. The molecule has 196 valence electrons. The predicted octanol–water partition coefficient (Wildman–Crippen LogP) is 4.54. The molecule has 1 aromatic heterocycles. The van der Waals surface area contributed by atoms with Crippen LogP contribution in [0.15, 0.2) is 78.9 Å². The second-order valence-electron chi connectivity index (χ2n) is 9.56. The highest BCUT2D eigenvalue weighted by Gasteiger charge is 2.25. The van der Waals surface area contributed by atoms with Crippen molar-refractivity contribution >= 4 is 11.6 Å². The molecule has 5 rings (SSSR count). The molecule has 0 bridgehead atoms. The summed E-state index contributed by atoms with van der Waals surface area (Å²) < 4.78 is 7.06. The number of hydrogen-bond acceptors (Lipinski definition) is 6. The zero-order valence-corrected chi connectivity index (χ0v) is 22.0. The summed E-state index contributed by atoms with van der Waals surface area (Å²) in [5.41, 5.74) is 5.30. The van der Waals surface area contributed by atoms with Crippen molar-refractivity contribution in [3.8, 4) is 11.4 Å². The van der Waals surface area contributed by atoms with Crippen molar-refractivity contribution in [1.29, 1.82) is 0 Å². The smallest absolute Gasteiger partial charge is 0.276 e. The molecule has 0 aliphatic carbocycles. The van der Waals surface area contributed by atoms with E-state index in [0.717, 1.165) is 55.3 Å². The van der Waals surface area contributed by atoms with Crippen molar-refractivity contribution < 1.29 is 9.53 Å². The van der Waals surface area contributed by atoms with Crippen LogP contribution < -0.4 is 10.1 Å². The van der Waals surface area contributed by atoms with Gasteiger partial charge in [0, 0.05) is 51.0 Å². The van der Waals surface area contributed by atoms with Gasteiger partial charge < -0.3 is 15.0 Å². The van der Waals surface area contributed by atoms with Gasteiger partial charge in [0.25, 0.3) is 5.91 Å². The molecule has 0 saturated heterocycles. The summed E-state index contributed by atoms with van der Waals surface area (Å²) >= 11 is 0. The van der Waals surface area contributed by atoms with Crippen LogP contribution in [0.4, 0.5) is 5.69 Å². The summed E-state index contributed by atoms with van der Waals surface area (Å²) in [6, 6.07) is 26.3. The normalized spacial score (nSPS) is 14.7. The van der Waals surface area contributed by atoms with Crippen molar-refractivity contribution in [2.24, 2.45) is 0 Å². The van der Waals surface area contributed by atoms with Gasteiger partial charge in [0.15, 0.2) is 5.69 Å². The van der Waals surface area contributed by atoms with E-state index in [1.165, 1.54) is 5.56 Å². The number of hydrogen-bond donors (Lipinski definition) is 1. The van der Waals surface area contributed by atoms with Crippen LogP contribution in [0.2, 0.25) is 0 Å². The van der Waals surface area contributed by atoms with Gasteiger partial charge in [0.1, 0.15) is 5.75 Å². The van der Waals surface area contributed by atoms with Gasteiger partial charge in [-0.3, -0.25) is 9.69 Å². The van der Waals surface area contributed by atoms with E-state index >= 15 is 0 Å². The third-order valence-corrected chi connectivity index (χ3v) is 6.96. The molecule has 1 N–H and O–H groups in total. The Morgan fingerprint density at radius 2 is 1.79 bits per heavy atom. The molecule has 0 fully saturated rings. The minimum absolute atomic E-state index is 0.120. The Labute approximate surface area is 223 Å². The number of anilines is 1. The molecule has 0 atom stereocenters. The van der Waals surface area contributed by atoms with Crippen molar-refractivity contribution in [3.05, 3.63) is 101 Å². The molecule has 8 heteroatoms. The van der Waals surface area contributed by atoms with Gasteiger partial charge in [0.05, 0.1) is 18.5 Å². The SMILES string of the molecule is COc1cccc(-n2nnc(C(=O)N3CCN(Cc4ccccc4)CCCNc4ccccc4C3)c2C)c1. The zero-order valence-electron chi connectivity index (χ0n) is 22.0. The molecule has 8 nitrogen and oxygen atoms in total. The number of para-hydroxylation sites is 1. The Kier molecular flexibility index (Phi) is 7.99. The van der Waals surface area contributed by atoms with E-state index < -0.39 is 0 Å². The maximum Gasteiger partial charge on any atom is 0.276 e. The fourth-order valence-corrected chi connectivity index (χ4v) is 4.85. The fourth-order valence-electron chi connectivity index (χ4n) is 4.85. The first-order valence-electron chi connectivity index (χ1n) is 13.1. The molecule has 2 heterocycles. The van der Waals surface area contributed by atoms with E-state index in [1.54, 1.807) is 11.8 Å². The van der Waals surface area contributed by atoms with E-state index in [1.807, 2.05) is 54.3 Å². The summed E-state index contributed by atoms with van der Waals surface area (Å²) in [5, 5.41) is 12.2. The lowest BCUT2D eigenvalue weighted by Crippen LogP contribution is -2.39. The maximum absolute atomic E-state index is 14.0. The molecule has 3 aromatic carbocycles. The second kappa shape index (κ2) is 11.9. The molecule has 1 aliphatic rings. The van der Waals surface area contributed by atoms with Crippen molar-refractivity contribution in [2.75, 3.05) is 38.6 Å². The average molecular weight is 511 g/mol. The molecule has 0 unspecified atom stereocenters. The van der Waals surface area contributed by atoms with Gasteiger partial charge in [-0.25, -0.2) is 4.68 Å². The third kappa shape index (κ3) is 5.86. The number of amides is 1. The summed E-state index contributed by atoms with van der Waals surface area (Å²) in [6.07, 6.45) is 1.02. The Hall–Kier alpha value is -4.17. The molecule has 0 saturated carbocycles. The van der Waals surface area contributed by atoms with Crippen LogP contribution in [-0.2, 0) is 13.1 Å².